The number of urea groups is 1. The second kappa shape index (κ2) is 11.9. The summed E-state index contributed by atoms with van der Waals surface area (Å²) in [5, 5.41) is 10.6. The summed E-state index contributed by atoms with van der Waals surface area (Å²) in [7, 11) is -5.63. The number of nitrogens with zero attached hydrogens (tertiary/aromatic N) is 2. The number of rotatable bonds is 10. The van der Waals surface area contributed by atoms with E-state index in [0.29, 0.717) is 0 Å². The van der Waals surface area contributed by atoms with E-state index >= 15 is 0 Å². The summed E-state index contributed by atoms with van der Waals surface area (Å²) in [6.07, 6.45) is -0.893. The molecule has 0 aliphatic carbocycles. The van der Waals surface area contributed by atoms with Gasteiger partial charge in [0.05, 0.1) is 6.61 Å². The van der Waals surface area contributed by atoms with E-state index in [1.165, 1.54) is 24.3 Å². The lowest BCUT2D eigenvalue weighted by Gasteiger charge is -2.33. The summed E-state index contributed by atoms with van der Waals surface area (Å²) >= 11 is 5.69. The predicted octanol–water partition coefficient (Wildman–Crippen LogP) is 1.91. The van der Waals surface area contributed by atoms with E-state index in [-0.39, 0.29) is 28.4 Å². The van der Waals surface area contributed by atoms with Crippen LogP contribution in [0.25, 0.3) is 0 Å². The van der Waals surface area contributed by atoms with Gasteiger partial charge in [-0.3, -0.25) is 13.9 Å². The van der Waals surface area contributed by atoms with Crippen LogP contribution in [0.1, 0.15) is 11.3 Å². The third-order valence-corrected chi connectivity index (χ3v) is 8.43. The molecule has 0 spiro atoms. The van der Waals surface area contributed by atoms with Crippen molar-refractivity contribution >= 4 is 49.5 Å². The van der Waals surface area contributed by atoms with Crippen molar-refractivity contribution in [1.29, 1.82) is 0 Å². The number of aromatic hydroxyl groups is 1. The summed E-state index contributed by atoms with van der Waals surface area (Å²) in [6, 6.07) is 10.0. The minimum Gasteiger partial charge on any atom is -0.508 e. The van der Waals surface area contributed by atoms with Gasteiger partial charge in [-0.1, -0.05) is 18.2 Å². The molecule has 12 nitrogen and oxygen atoms in total. The Hall–Kier alpha value is -2.59. The number of primary amides is 1. The average molecular weight is 549 g/mol. The lowest BCUT2D eigenvalue weighted by molar-refractivity contribution is -0.132. The third-order valence-electron chi connectivity index (χ3n) is 4.76. The van der Waals surface area contributed by atoms with Gasteiger partial charge in [0.2, 0.25) is 7.37 Å². The quantitative estimate of drug-likeness (QED) is 0.168. The van der Waals surface area contributed by atoms with Crippen molar-refractivity contribution in [3.8, 4) is 5.75 Å². The zero-order chi connectivity index (χ0) is 26.4. The Morgan fingerprint density at radius 3 is 2.20 bits per heavy atom. The number of amides is 3. The van der Waals surface area contributed by atoms with E-state index in [4.69, 9.17) is 21.9 Å². The molecule has 2 aromatic carbocycles. The number of hydrazine groups is 1. The van der Waals surface area contributed by atoms with E-state index in [2.05, 4.69) is 0 Å². The molecular formula is C20H27ClN4O8P2. The van der Waals surface area contributed by atoms with E-state index in [1.807, 2.05) is 5.43 Å². The largest absolute Gasteiger partial charge is 0.508 e. The van der Waals surface area contributed by atoms with Gasteiger partial charge in [-0.15, -0.1) is 11.6 Å². The van der Waals surface area contributed by atoms with Gasteiger partial charge in [0.25, 0.3) is 5.91 Å². The Morgan fingerprint density at radius 1 is 1.11 bits per heavy atom. The molecule has 0 aliphatic rings. The highest BCUT2D eigenvalue weighted by Gasteiger charge is 2.43. The van der Waals surface area contributed by atoms with Crippen molar-refractivity contribution in [2.24, 2.45) is 5.73 Å². The first-order valence-corrected chi connectivity index (χ1v) is 14.1. The number of carbonyl (C=O) groups excluding carboxylic acids is 2. The predicted molar refractivity (Wildman–Crippen MR) is 132 cm³/mol. The number of halogens is 1. The number of benzene rings is 2. The zero-order valence-electron chi connectivity index (χ0n) is 18.9. The summed E-state index contributed by atoms with van der Waals surface area (Å²) in [5.74, 6) is -3.94. The molecule has 2 aromatic rings. The maximum Gasteiger partial charge on any atom is 0.354 e. The first-order valence-electron chi connectivity index (χ1n) is 10.1. The van der Waals surface area contributed by atoms with E-state index in [0.717, 1.165) is 17.8 Å². The molecule has 2 rings (SSSR count). The molecule has 0 heterocycles. The Bertz CT molecular complexity index is 1140. The first kappa shape index (κ1) is 28.6. The Morgan fingerprint density at radius 2 is 1.71 bits per heavy atom. The van der Waals surface area contributed by atoms with Crippen LogP contribution >= 0.6 is 26.6 Å². The smallest absolute Gasteiger partial charge is 0.354 e. The molecule has 192 valence electrons. The topological polar surface area (TPSA) is 183 Å². The molecule has 3 amide bonds. The lowest BCUT2D eigenvalue weighted by Crippen LogP contribution is -2.51. The molecule has 6 N–H and O–H groups in total. The Balaban J connectivity index is 2.54. The fourth-order valence-corrected chi connectivity index (χ4v) is 6.35. The Kier molecular flexibility index (Phi) is 9.74. The van der Waals surface area contributed by atoms with Crippen molar-refractivity contribution in [3.63, 3.8) is 0 Å². The highest BCUT2D eigenvalue weighted by atomic mass is 35.5. The van der Waals surface area contributed by atoms with Gasteiger partial charge >= 0.3 is 13.6 Å². The van der Waals surface area contributed by atoms with Crippen molar-refractivity contribution < 1.29 is 38.1 Å². The maximum absolute atomic E-state index is 13.8. The molecule has 0 bridgehead atoms. The number of hydrogen-bond acceptors (Lipinski definition) is 7. The van der Waals surface area contributed by atoms with Gasteiger partial charge in [-0.2, -0.15) is 0 Å². The molecule has 2 atom stereocenters. The van der Waals surface area contributed by atoms with Crippen molar-refractivity contribution in [1.82, 2.24) is 10.4 Å². The van der Waals surface area contributed by atoms with Crippen LogP contribution in [0.5, 0.6) is 5.75 Å². The monoisotopic (exact) mass is 548 g/mol. The molecule has 35 heavy (non-hydrogen) atoms. The SMILES string of the molecule is CN(C)c1ccc(P(=O)(CC(=O)N(NC(N)=O)C(c2ccccc2O)P(=O)(O)O)OCCCl)cc1. The van der Waals surface area contributed by atoms with E-state index in [9.17, 15) is 33.6 Å². The molecule has 2 unspecified atom stereocenters. The molecule has 0 aromatic heterocycles. The maximum atomic E-state index is 13.8. The number of nitrogens with one attached hydrogen (secondary N) is 1. The molecule has 0 aliphatic heterocycles. The molecule has 0 radical (unpaired) electrons. The summed E-state index contributed by atoms with van der Waals surface area (Å²) in [5.41, 5.74) is 7.44. The normalized spacial score (nSPS) is 14.0. The van der Waals surface area contributed by atoms with Crippen LogP contribution in [-0.2, 0) is 18.4 Å². The summed E-state index contributed by atoms with van der Waals surface area (Å²) in [4.78, 5) is 46.8. The number of hydrogen-bond donors (Lipinski definition) is 5. The van der Waals surface area contributed by atoms with E-state index < -0.39 is 44.6 Å². The van der Waals surface area contributed by atoms with Crippen LogP contribution in [0, 0.1) is 0 Å². The fourth-order valence-electron chi connectivity index (χ4n) is 3.18. The number of para-hydroxylation sites is 1. The van der Waals surface area contributed by atoms with Crippen molar-refractivity contribution in [2.75, 3.05) is 37.6 Å². The number of anilines is 1. The molecule has 0 fully saturated rings. The van der Waals surface area contributed by atoms with Crippen molar-refractivity contribution in [3.05, 3.63) is 54.1 Å². The number of nitrogens with two attached hydrogens (primary N) is 1. The van der Waals surface area contributed by atoms with Gasteiger partial charge in [-0.25, -0.2) is 15.2 Å². The van der Waals surface area contributed by atoms with Gasteiger partial charge < -0.3 is 30.1 Å². The van der Waals surface area contributed by atoms with Crippen LogP contribution in [0.15, 0.2) is 48.5 Å². The molecule has 0 saturated heterocycles. The van der Waals surface area contributed by atoms with Crippen molar-refractivity contribution in [2.45, 2.75) is 5.78 Å². The molecular weight excluding hydrogens is 522 g/mol. The van der Waals surface area contributed by atoms with E-state index in [1.54, 1.807) is 31.1 Å². The summed E-state index contributed by atoms with van der Waals surface area (Å²) in [6.45, 7) is -0.188. The standard InChI is InChI=1S/C20H27ClN4O8P2/c1-24(2)14-7-9-15(10-8-14)34(29,33-12-11-21)13-18(27)25(23-20(22)28)19(35(30,31)32)16-5-3-4-6-17(16)26/h3-10,19,26H,11-13H2,1-2H3,(H3,22,23,28)(H2,30,31,32). The number of carbonyl (C=O) groups is 2. The lowest BCUT2D eigenvalue weighted by atomic mass is 10.2. The second-order valence-corrected chi connectivity index (χ2v) is 12.0. The number of phenols is 1. The number of phenolic OH excluding ortho intramolecular Hbond substituents is 1. The number of alkyl halides is 1. The highest BCUT2D eigenvalue weighted by molar-refractivity contribution is 7.67. The fraction of sp³-hybridized carbons (Fsp3) is 0.300. The van der Waals surface area contributed by atoms with Crippen LogP contribution in [-0.4, -0.2) is 64.6 Å². The van der Waals surface area contributed by atoms with Crippen LogP contribution in [0.3, 0.4) is 0 Å². The highest BCUT2D eigenvalue weighted by Crippen LogP contribution is 2.56. The van der Waals surface area contributed by atoms with Crippen LogP contribution in [0.2, 0.25) is 0 Å². The average Bonchev–Trinajstić information content (AvgIpc) is 2.77. The van der Waals surface area contributed by atoms with Crippen LogP contribution in [0.4, 0.5) is 10.5 Å². The minimum atomic E-state index is -5.25. The minimum absolute atomic E-state index is 0.0415. The van der Waals surface area contributed by atoms with Gasteiger partial charge in [0.15, 0.2) is 5.78 Å². The van der Waals surface area contributed by atoms with Crippen LogP contribution < -0.4 is 21.4 Å². The third kappa shape index (κ3) is 7.44. The van der Waals surface area contributed by atoms with Gasteiger partial charge in [0.1, 0.15) is 11.9 Å². The van der Waals surface area contributed by atoms with Gasteiger partial charge in [-0.05, 0) is 30.3 Å². The van der Waals surface area contributed by atoms with Gasteiger partial charge in [0, 0.05) is 36.5 Å². The zero-order valence-corrected chi connectivity index (χ0v) is 21.5. The summed E-state index contributed by atoms with van der Waals surface area (Å²) < 4.78 is 31.7. The molecule has 15 heteroatoms. The molecule has 0 saturated carbocycles. The first-order chi connectivity index (χ1) is 16.3. The Labute approximate surface area is 207 Å². The second-order valence-electron chi connectivity index (χ2n) is 7.53.